The van der Waals surface area contributed by atoms with Crippen LogP contribution in [0.4, 0.5) is 0 Å². The Balaban J connectivity index is 1.96. The highest BCUT2D eigenvalue weighted by Crippen LogP contribution is 2.19. The fourth-order valence-corrected chi connectivity index (χ4v) is 4.77. The number of hydrogen-bond acceptors (Lipinski definition) is 4. The SMILES string of the molecule is CCN(C(=O)C(=O)NC1CCCC1)C1CCS(=O)(=O)C1. The number of rotatable bonds is 3. The molecule has 2 rings (SSSR count). The van der Waals surface area contributed by atoms with Crippen molar-refractivity contribution >= 4 is 21.7 Å². The van der Waals surface area contributed by atoms with Gasteiger partial charge in [0.1, 0.15) is 0 Å². The van der Waals surface area contributed by atoms with E-state index in [9.17, 15) is 18.0 Å². The first-order valence-corrected chi connectivity index (χ1v) is 9.07. The third-order valence-corrected chi connectivity index (χ3v) is 5.89. The molecule has 20 heavy (non-hydrogen) atoms. The Morgan fingerprint density at radius 2 is 1.85 bits per heavy atom. The van der Waals surface area contributed by atoms with Crippen LogP contribution in [0, 0.1) is 0 Å². The zero-order valence-electron chi connectivity index (χ0n) is 11.8. The van der Waals surface area contributed by atoms with E-state index < -0.39 is 21.7 Å². The number of amides is 2. The average molecular weight is 302 g/mol. The van der Waals surface area contributed by atoms with Gasteiger partial charge in [0.2, 0.25) is 0 Å². The molecule has 1 N–H and O–H groups in total. The van der Waals surface area contributed by atoms with Gasteiger partial charge in [-0.1, -0.05) is 12.8 Å². The first kappa shape index (κ1) is 15.3. The molecule has 0 bridgehead atoms. The lowest BCUT2D eigenvalue weighted by Gasteiger charge is -2.26. The summed E-state index contributed by atoms with van der Waals surface area (Å²) in [5.41, 5.74) is 0. The molecule has 0 spiro atoms. The van der Waals surface area contributed by atoms with Gasteiger partial charge in [0.05, 0.1) is 11.5 Å². The van der Waals surface area contributed by atoms with Crippen LogP contribution >= 0.6 is 0 Å². The summed E-state index contributed by atoms with van der Waals surface area (Å²) < 4.78 is 23.0. The minimum absolute atomic E-state index is 0.0245. The van der Waals surface area contributed by atoms with E-state index in [1.54, 1.807) is 6.92 Å². The third-order valence-electron chi connectivity index (χ3n) is 4.14. The lowest BCUT2D eigenvalue weighted by molar-refractivity contribution is -0.147. The van der Waals surface area contributed by atoms with Crippen molar-refractivity contribution in [3.05, 3.63) is 0 Å². The molecule has 6 nitrogen and oxygen atoms in total. The van der Waals surface area contributed by atoms with Crippen LogP contribution in [0.3, 0.4) is 0 Å². The molecule has 1 saturated heterocycles. The Morgan fingerprint density at radius 1 is 1.20 bits per heavy atom. The monoisotopic (exact) mass is 302 g/mol. The van der Waals surface area contributed by atoms with E-state index in [0.29, 0.717) is 13.0 Å². The van der Waals surface area contributed by atoms with E-state index in [1.165, 1.54) is 4.90 Å². The highest BCUT2D eigenvalue weighted by atomic mass is 32.2. The van der Waals surface area contributed by atoms with E-state index in [0.717, 1.165) is 25.7 Å². The summed E-state index contributed by atoms with van der Waals surface area (Å²) >= 11 is 0. The van der Waals surface area contributed by atoms with Gasteiger partial charge in [0.25, 0.3) is 0 Å². The van der Waals surface area contributed by atoms with Crippen molar-refractivity contribution in [3.8, 4) is 0 Å². The molecule has 0 aromatic rings. The van der Waals surface area contributed by atoms with Crippen LogP contribution in [-0.4, -0.2) is 55.3 Å². The number of nitrogens with one attached hydrogen (secondary N) is 1. The van der Waals surface area contributed by atoms with Gasteiger partial charge < -0.3 is 10.2 Å². The molecule has 2 aliphatic rings. The third kappa shape index (κ3) is 3.50. The van der Waals surface area contributed by atoms with Crippen molar-refractivity contribution in [2.75, 3.05) is 18.1 Å². The number of nitrogens with zero attached hydrogens (tertiary/aromatic N) is 1. The molecule has 7 heteroatoms. The van der Waals surface area contributed by atoms with Crippen LogP contribution in [0.5, 0.6) is 0 Å². The Bertz CT molecular complexity index is 483. The highest BCUT2D eigenvalue weighted by molar-refractivity contribution is 7.91. The fraction of sp³-hybridized carbons (Fsp3) is 0.846. The molecule has 1 saturated carbocycles. The van der Waals surface area contributed by atoms with Gasteiger partial charge in [-0.2, -0.15) is 0 Å². The number of likely N-dealkylation sites (N-methyl/N-ethyl adjacent to an activating group) is 1. The second-order valence-corrected chi connectivity index (χ2v) is 7.83. The number of carbonyl (C=O) groups is 2. The van der Waals surface area contributed by atoms with Crippen LogP contribution in [-0.2, 0) is 19.4 Å². The summed E-state index contributed by atoms with van der Waals surface area (Å²) in [5, 5.41) is 2.76. The predicted octanol–water partition coefficient (Wildman–Crippen LogP) is 0.0808. The van der Waals surface area contributed by atoms with E-state index in [2.05, 4.69) is 5.32 Å². The van der Waals surface area contributed by atoms with E-state index >= 15 is 0 Å². The number of hydrogen-bond donors (Lipinski definition) is 1. The number of sulfone groups is 1. The molecule has 1 atom stereocenters. The summed E-state index contributed by atoms with van der Waals surface area (Å²) in [5.74, 6) is -1.11. The van der Waals surface area contributed by atoms with Gasteiger partial charge in [-0.05, 0) is 26.2 Å². The molecule has 114 valence electrons. The molecule has 2 amide bonds. The van der Waals surface area contributed by atoms with Crippen molar-refractivity contribution in [2.24, 2.45) is 0 Å². The quantitative estimate of drug-likeness (QED) is 0.748. The van der Waals surface area contributed by atoms with Crippen LogP contribution in [0.25, 0.3) is 0 Å². The van der Waals surface area contributed by atoms with Crippen LogP contribution < -0.4 is 5.32 Å². The smallest absolute Gasteiger partial charge is 0.312 e. The molecule has 0 aromatic carbocycles. The minimum Gasteiger partial charge on any atom is -0.345 e. The molecular weight excluding hydrogens is 280 g/mol. The van der Waals surface area contributed by atoms with Crippen molar-refractivity contribution < 1.29 is 18.0 Å². The fourth-order valence-electron chi connectivity index (χ4n) is 3.04. The van der Waals surface area contributed by atoms with Crippen molar-refractivity contribution in [1.29, 1.82) is 0 Å². The highest BCUT2D eigenvalue weighted by Gasteiger charge is 2.36. The predicted molar refractivity (Wildman–Crippen MR) is 74.8 cm³/mol. The maximum absolute atomic E-state index is 12.2. The van der Waals surface area contributed by atoms with Crippen LogP contribution in [0.1, 0.15) is 39.0 Å². The van der Waals surface area contributed by atoms with Crippen LogP contribution in [0.15, 0.2) is 0 Å². The molecule has 0 radical (unpaired) electrons. The minimum atomic E-state index is -3.06. The van der Waals surface area contributed by atoms with Gasteiger partial charge in [0.15, 0.2) is 9.84 Å². The second kappa shape index (κ2) is 6.11. The first-order chi connectivity index (χ1) is 9.43. The van der Waals surface area contributed by atoms with Gasteiger partial charge in [-0.25, -0.2) is 8.42 Å². The van der Waals surface area contributed by atoms with Gasteiger partial charge >= 0.3 is 11.8 Å². The zero-order valence-corrected chi connectivity index (χ0v) is 12.6. The van der Waals surface area contributed by atoms with Gasteiger partial charge in [-0.15, -0.1) is 0 Å². The number of carbonyl (C=O) groups excluding carboxylic acids is 2. The average Bonchev–Trinajstić information content (AvgIpc) is 3.00. The molecule has 0 aromatic heterocycles. The molecule has 1 unspecified atom stereocenters. The van der Waals surface area contributed by atoms with E-state index in [4.69, 9.17) is 0 Å². The van der Waals surface area contributed by atoms with E-state index in [-0.39, 0.29) is 23.6 Å². The van der Waals surface area contributed by atoms with Crippen molar-refractivity contribution in [3.63, 3.8) is 0 Å². The van der Waals surface area contributed by atoms with Gasteiger partial charge in [0, 0.05) is 18.6 Å². The Hall–Kier alpha value is -1.11. The first-order valence-electron chi connectivity index (χ1n) is 7.25. The molecule has 1 aliphatic carbocycles. The molecule has 2 fully saturated rings. The largest absolute Gasteiger partial charge is 0.345 e. The Labute approximate surface area is 119 Å². The standard InChI is InChI=1S/C13H22N2O4S/c1-2-15(11-7-8-20(18,19)9-11)13(17)12(16)14-10-5-3-4-6-10/h10-11H,2-9H2,1H3,(H,14,16). The Morgan fingerprint density at radius 3 is 2.35 bits per heavy atom. The lowest BCUT2D eigenvalue weighted by atomic mass is 10.2. The molecular formula is C13H22N2O4S. The van der Waals surface area contributed by atoms with E-state index in [1.807, 2.05) is 0 Å². The Kier molecular flexibility index (Phi) is 4.67. The molecule has 1 heterocycles. The van der Waals surface area contributed by atoms with Crippen LogP contribution in [0.2, 0.25) is 0 Å². The topological polar surface area (TPSA) is 83.6 Å². The van der Waals surface area contributed by atoms with Gasteiger partial charge in [-0.3, -0.25) is 9.59 Å². The van der Waals surface area contributed by atoms with Crippen molar-refractivity contribution in [2.45, 2.75) is 51.1 Å². The lowest BCUT2D eigenvalue weighted by Crippen LogP contribution is -2.50. The zero-order chi connectivity index (χ0) is 14.8. The summed E-state index contributed by atoms with van der Waals surface area (Å²) in [6.07, 6.45) is 4.43. The summed E-state index contributed by atoms with van der Waals surface area (Å²) in [7, 11) is -3.06. The maximum atomic E-state index is 12.2. The molecule has 1 aliphatic heterocycles. The second-order valence-electron chi connectivity index (χ2n) is 5.60. The van der Waals surface area contributed by atoms with Crippen molar-refractivity contribution in [1.82, 2.24) is 10.2 Å². The maximum Gasteiger partial charge on any atom is 0.312 e. The summed E-state index contributed by atoms with van der Waals surface area (Å²) in [6, 6.07) is -0.260. The summed E-state index contributed by atoms with van der Waals surface area (Å²) in [4.78, 5) is 25.5. The summed E-state index contributed by atoms with van der Waals surface area (Å²) in [6.45, 7) is 2.13. The normalized spacial score (nSPS) is 25.6.